The van der Waals surface area contributed by atoms with Gasteiger partial charge in [0.2, 0.25) is 0 Å². The fourth-order valence-corrected chi connectivity index (χ4v) is 4.92. The highest BCUT2D eigenvalue weighted by atomic mass is 35.5. The molecule has 2 N–H and O–H groups in total. The van der Waals surface area contributed by atoms with Gasteiger partial charge in [-0.25, -0.2) is 4.79 Å². The first kappa shape index (κ1) is 28.4. The minimum atomic E-state index is -0.820. The molecule has 2 amide bonds. The Morgan fingerprint density at radius 1 is 1.02 bits per heavy atom. The van der Waals surface area contributed by atoms with Crippen molar-refractivity contribution in [1.82, 2.24) is 20.0 Å². The van der Waals surface area contributed by atoms with Gasteiger partial charge >= 0.3 is 6.09 Å². The van der Waals surface area contributed by atoms with Gasteiger partial charge in [-0.3, -0.25) is 14.5 Å². The normalized spacial score (nSPS) is 13.8. The van der Waals surface area contributed by atoms with E-state index in [1.54, 1.807) is 12.1 Å². The van der Waals surface area contributed by atoms with E-state index in [2.05, 4.69) is 20.6 Å². The van der Waals surface area contributed by atoms with E-state index < -0.39 is 23.4 Å². The standard InChI is InChI=1S/C30H32ClN5O5/c1-30(2,22-8-4-3-5-9-22)33-28(38)24-18-23-25(41-24)26(34-36(23)29(39)40-17-14-31)32-27(37)21-12-10-20(11-13-21)19-35-15-6-7-16-35/h3-5,8-13,18H,6-7,14-17,19H2,1-2H3,(H,33,38)(H,32,34,37). The maximum Gasteiger partial charge on any atom is 0.435 e. The topological polar surface area (TPSA) is 119 Å². The summed E-state index contributed by atoms with van der Waals surface area (Å²) >= 11 is 5.67. The molecule has 0 radical (unpaired) electrons. The molecule has 1 aliphatic rings. The van der Waals surface area contributed by atoms with E-state index in [0.29, 0.717) is 5.56 Å². The molecule has 4 aromatic rings. The molecule has 214 valence electrons. The van der Waals surface area contributed by atoms with E-state index >= 15 is 0 Å². The van der Waals surface area contributed by atoms with Crippen molar-refractivity contribution in [3.05, 3.63) is 83.1 Å². The number of likely N-dealkylation sites (tertiary alicyclic amines) is 1. The number of halogens is 1. The zero-order valence-electron chi connectivity index (χ0n) is 23.0. The van der Waals surface area contributed by atoms with Crippen LogP contribution < -0.4 is 10.6 Å². The van der Waals surface area contributed by atoms with E-state index in [4.69, 9.17) is 20.8 Å². The van der Waals surface area contributed by atoms with E-state index in [9.17, 15) is 14.4 Å². The van der Waals surface area contributed by atoms with Gasteiger partial charge in [0.05, 0.1) is 11.4 Å². The predicted molar refractivity (Wildman–Crippen MR) is 155 cm³/mol. The number of ether oxygens (including phenoxy) is 1. The number of nitrogens with one attached hydrogen (secondary N) is 2. The molecular weight excluding hydrogens is 546 g/mol. The van der Waals surface area contributed by atoms with E-state index in [1.165, 1.54) is 18.9 Å². The second kappa shape index (κ2) is 12.2. The number of alkyl halides is 1. The zero-order valence-corrected chi connectivity index (χ0v) is 23.7. The van der Waals surface area contributed by atoms with Crippen molar-refractivity contribution in [3.8, 4) is 0 Å². The maximum atomic E-state index is 13.2. The van der Waals surface area contributed by atoms with E-state index in [-0.39, 0.29) is 35.2 Å². The van der Waals surface area contributed by atoms with Gasteiger partial charge in [-0.1, -0.05) is 42.5 Å². The highest BCUT2D eigenvalue weighted by Gasteiger charge is 2.28. The summed E-state index contributed by atoms with van der Waals surface area (Å²) in [7, 11) is 0. The molecule has 2 aromatic carbocycles. The molecule has 10 nitrogen and oxygen atoms in total. The van der Waals surface area contributed by atoms with Crippen LogP contribution in [0.15, 0.2) is 65.1 Å². The van der Waals surface area contributed by atoms with Crippen LogP contribution in [0.1, 0.15) is 58.7 Å². The van der Waals surface area contributed by atoms with Gasteiger partial charge in [-0.05, 0) is 63.0 Å². The number of hydrogen-bond acceptors (Lipinski definition) is 7. The average molecular weight is 578 g/mol. The molecule has 0 spiro atoms. The monoisotopic (exact) mass is 577 g/mol. The summed E-state index contributed by atoms with van der Waals surface area (Å²) in [6, 6.07) is 18.2. The SMILES string of the molecule is CC(C)(NC(=O)c1cc2c(o1)c(NC(=O)c1ccc(CN3CCCC3)cc1)nn2C(=O)OCCCl)c1ccccc1. The van der Waals surface area contributed by atoms with Crippen LogP contribution in [0, 0.1) is 0 Å². The Bertz CT molecular complexity index is 1540. The number of hydrogen-bond donors (Lipinski definition) is 2. The quantitative estimate of drug-likeness (QED) is 0.257. The van der Waals surface area contributed by atoms with Crippen molar-refractivity contribution >= 4 is 46.4 Å². The number of fused-ring (bicyclic) bond motifs is 1. The number of benzene rings is 2. The first-order valence-electron chi connectivity index (χ1n) is 13.5. The number of carbonyl (C=O) groups excluding carboxylic acids is 3. The number of anilines is 1. The summed E-state index contributed by atoms with van der Waals surface area (Å²) in [6.45, 7) is 6.72. The molecule has 0 atom stereocenters. The Morgan fingerprint density at radius 3 is 2.41 bits per heavy atom. The van der Waals surface area contributed by atoms with Crippen molar-refractivity contribution in [2.75, 3.05) is 30.9 Å². The molecular formula is C30H32ClN5O5. The lowest BCUT2D eigenvalue weighted by Gasteiger charge is -2.26. The molecule has 5 rings (SSSR count). The number of carbonyl (C=O) groups is 3. The molecule has 0 aliphatic carbocycles. The number of nitrogens with zero attached hydrogens (tertiary/aromatic N) is 3. The third kappa shape index (κ3) is 6.44. The second-order valence-electron chi connectivity index (χ2n) is 10.5. The molecule has 41 heavy (non-hydrogen) atoms. The van der Waals surface area contributed by atoms with Gasteiger partial charge < -0.3 is 19.8 Å². The third-order valence-corrected chi connectivity index (χ3v) is 7.18. The van der Waals surface area contributed by atoms with Crippen molar-refractivity contribution in [1.29, 1.82) is 0 Å². The van der Waals surface area contributed by atoms with Crippen LogP contribution in [0.4, 0.5) is 10.6 Å². The molecule has 3 heterocycles. The van der Waals surface area contributed by atoms with Crippen LogP contribution in [0.5, 0.6) is 0 Å². The van der Waals surface area contributed by atoms with Crippen LogP contribution >= 0.6 is 11.6 Å². The Kier molecular flexibility index (Phi) is 8.41. The molecule has 2 aromatic heterocycles. The minimum Gasteiger partial charge on any atom is -0.447 e. The van der Waals surface area contributed by atoms with Crippen molar-refractivity contribution in [2.45, 2.75) is 38.8 Å². The van der Waals surface area contributed by atoms with Gasteiger partial charge in [0.1, 0.15) is 12.1 Å². The lowest BCUT2D eigenvalue weighted by molar-refractivity contribution is 0.0885. The number of furan rings is 1. The summed E-state index contributed by atoms with van der Waals surface area (Å²) in [4.78, 5) is 41.4. The van der Waals surface area contributed by atoms with Crippen LogP contribution in [-0.2, 0) is 16.8 Å². The van der Waals surface area contributed by atoms with Crippen LogP contribution in [0.2, 0.25) is 0 Å². The Labute approximate surface area is 242 Å². The van der Waals surface area contributed by atoms with Gasteiger partial charge in [0, 0.05) is 18.2 Å². The Hall–Kier alpha value is -4.15. The Morgan fingerprint density at radius 2 is 1.73 bits per heavy atom. The number of amides is 2. The van der Waals surface area contributed by atoms with Crippen LogP contribution in [0.25, 0.3) is 11.1 Å². The first-order valence-corrected chi connectivity index (χ1v) is 14.0. The second-order valence-corrected chi connectivity index (χ2v) is 10.8. The van der Waals surface area contributed by atoms with Crippen molar-refractivity contribution < 1.29 is 23.5 Å². The molecule has 0 saturated carbocycles. The van der Waals surface area contributed by atoms with Crippen LogP contribution in [0.3, 0.4) is 0 Å². The van der Waals surface area contributed by atoms with Crippen molar-refractivity contribution in [3.63, 3.8) is 0 Å². The van der Waals surface area contributed by atoms with Gasteiger partial charge in [-0.2, -0.15) is 4.68 Å². The van der Waals surface area contributed by atoms with E-state index in [1.807, 2.05) is 56.3 Å². The molecule has 1 aliphatic heterocycles. The van der Waals surface area contributed by atoms with Crippen molar-refractivity contribution in [2.24, 2.45) is 0 Å². The first-order chi connectivity index (χ1) is 19.7. The number of aromatic nitrogens is 2. The fraction of sp³-hybridized carbons (Fsp3) is 0.333. The molecule has 1 fully saturated rings. The largest absolute Gasteiger partial charge is 0.447 e. The number of rotatable bonds is 9. The summed E-state index contributed by atoms with van der Waals surface area (Å²) in [5.41, 5.74) is 1.97. The lowest BCUT2D eigenvalue weighted by atomic mass is 9.94. The average Bonchev–Trinajstić information content (AvgIpc) is 3.71. The molecule has 11 heteroatoms. The van der Waals surface area contributed by atoms with E-state index in [0.717, 1.165) is 35.4 Å². The summed E-state index contributed by atoms with van der Waals surface area (Å²) in [5, 5.41) is 9.88. The summed E-state index contributed by atoms with van der Waals surface area (Å²) in [6.07, 6.45) is 1.60. The molecule has 0 bridgehead atoms. The van der Waals surface area contributed by atoms with Crippen LogP contribution in [-0.4, -0.2) is 58.2 Å². The molecule has 0 unspecified atom stereocenters. The fourth-order valence-electron chi connectivity index (χ4n) is 4.84. The highest BCUT2D eigenvalue weighted by Crippen LogP contribution is 2.29. The summed E-state index contributed by atoms with van der Waals surface area (Å²) < 4.78 is 11.9. The van der Waals surface area contributed by atoms with Gasteiger partial charge in [0.25, 0.3) is 11.8 Å². The summed E-state index contributed by atoms with van der Waals surface area (Å²) in [5.74, 6) is -0.911. The Balaban J connectivity index is 1.39. The third-order valence-electron chi connectivity index (χ3n) is 7.03. The smallest absolute Gasteiger partial charge is 0.435 e. The minimum absolute atomic E-state index is 0.0182. The lowest BCUT2D eigenvalue weighted by Crippen LogP contribution is -2.40. The maximum absolute atomic E-state index is 13.2. The predicted octanol–water partition coefficient (Wildman–Crippen LogP) is 5.37. The van der Waals surface area contributed by atoms with Gasteiger partial charge in [-0.15, -0.1) is 16.7 Å². The highest BCUT2D eigenvalue weighted by molar-refractivity contribution is 6.18. The van der Waals surface area contributed by atoms with Gasteiger partial charge in [0.15, 0.2) is 17.2 Å². The zero-order chi connectivity index (χ0) is 29.0. The molecule has 1 saturated heterocycles.